The lowest BCUT2D eigenvalue weighted by Crippen LogP contribution is -2.43. The summed E-state index contributed by atoms with van der Waals surface area (Å²) in [4.78, 5) is 29.8. The number of benzene rings is 1. The van der Waals surface area contributed by atoms with Crippen molar-refractivity contribution in [3.63, 3.8) is 0 Å². The predicted molar refractivity (Wildman–Crippen MR) is 102 cm³/mol. The highest BCUT2D eigenvalue weighted by molar-refractivity contribution is 6.07. The Labute approximate surface area is 175 Å². The van der Waals surface area contributed by atoms with Gasteiger partial charge in [0.25, 0.3) is 11.8 Å². The van der Waals surface area contributed by atoms with Gasteiger partial charge in [-0.1, -0.05) is 0 Å². The van der Waals surface area contributed by atoms with Crippen molar-refractivity contribution in [2.24, 2.45) is 0 Å². The number of nitrogens with one attached hydrogen (secondary N) is 1. The Bertz CT molecular complexity index is 1030. The van der Waals surface area contributed by atoms with Gasteiger partial charge < -0.3 is 20.1 Å². The maximum atomic E-state index is 13.5. The number of rotatable bonds is 7. The minimum absolute atomic E-state index is 0.151. The zero-order valence-electron chi connectivity index (χ0n) is 16.2. The average Bonchev–Trinajstić information content (AvgIpc) is 3.09. The van der Waals surface area contributed by atoms with Gasteiger partial charge >= 0.3 is 0 Å². The summed E-state index contributed by atoms with van der Waals surface area (Å²) in [6.07, 6.45) is -0.634. The molecule has 8 nitrogen and oxygen atoms in total. The Morgan fingerprint density at radius 3 is 2.90 bits per heavy atom. The maximum Gasteiger partial charge on any atom is 0.268 e. The number of amides is 2. The first-order valence-electron chi connectivity index (χ1n) is 9.35. The van der Waals surface area contributed by atoms with Gasteiger partial charge in [0.15, 0.2) is 0 Å². The van der Waals surface area contributed by atoms with Crippen LogP contribution in [0.1, 0.15) is 16.8 Å². The minimum atomic E-state index is -3.15. The summed E-state index contributed by atoms with van der Waals surface area (Å²) in [5.41, 5.74) is 0.596. The third-order valence-corrected chi connectivity index (χ3v) is 4.72. The molecule has 0 bridgehead atoms. The van der Waals surface area contributed by atoms with Crippen LogP contribution in [0.5, 0.6) is 5.75 Å². The Balaban J connectivity index is 1.71. The molecule has 3 rings (SSSR count). The van der Waals surface area contributed by atoms with E-state index in [0.717, 1.165) is 4.90 Å². The molecule has 1 aromatic heterocycles. The molecule has 1 aromatic carbocycles. The second-order valence-electron chi connectivity index (χ2n) is 7.07. The van der Waals surface area contributed by atoms with Crippen LogP contribution in [-0.4, -0.2) is 71.2 Å². The number of pyridine rings is 1. The molecule has 0 radical (unpaired) electrons. The highest BCUT2D eigenvalue weighted by Crippen LogP contribution is 2.31. The number of nitrogens with zero attached hydrogens (tertiary/aromatic N) is 3. The second-order valence-corrected chi connectivity index (χ2v) is 7.07. The molecule has 1 unspecified atom stereocenters. The Morgan fingerprint density at radius 2 is 2.19 bits per heavy atom. The zero-order valence-corrected chi connectivity index (χ0v) is 16.2. The van der Waals surface area contributed by atoms with E-state index < -0.39 is 56.1 Å². The van der Waals surface area contributed by atoms with Crippen molar-refractivity contribution in [2.45, 2.75) is 24.5 Å². The van der Waals surface area contributed by atoms with Gasteiger partial charge in [-0.25, -0.2) is 13.2 Å². The fourth-order valence-electron chi connectivity index (χ4n) is 3.20. The molecule has 0 spiro atoms. The number of ether oxygens (including phenoxy) is 1. The van der Waals surface area contributed by atoms with E-state index in [4.69, 9.17) is 10.00 Å². The van der Waals surface area contributed by atoms with E-state index in [1.807, 2.05) is 0 Å². The summed E-state index contributed by atoms with van der Waals surface area (Å²) in [5.74, 6) is -4.32. The monoisotopic (exact) mass is 436 g/mol. The molecule has 2 amide bonds. The fraction of sp³-hybridized carbons (Fsp3) is 0.400. The number of hydrogen-bond donors (Lipinski definition) is 2. The molecule has 1 saturated heterocycles. The number of aromatic nitrogens is 1. The number of carbonyl (C=O) groups is 2. The van der Waals surface area contributed by atoms with E-state index in [1.54, 1.807) is 18.2 Å². The standard InChI is InChI=1S/C20H19F3N4O4/c21-7-13(28)10-31-14-1-2-17-16(5-14)15(3-4-25-17)19(30)26-9-18(29)27-11-20(22,23)6-12(27)8-24/h1-5,12-13,28H,6-7,9-11H2,(H,26,30)/t12-,13?/m0/s1. The van der Waals surface area contributed by atoms with Crippen molar-refractivity contribution < 1.29 is 32.6 Å². The number of nitriles is 1. The Hall–Kier alpha value is -3.39. The lowest BCUT2D eigenvalue weighted by atomic mass is 10.1. The van der Waals surface area contributed by atoms with Crippen molar-refractivity contribution in [1.29, 1.82) is 5.26 Å². The first-order chi connectivity index (χ1) is 14.7. The van der Waals surface area contributed by atoms with Crippen molar-refractivity contribution >= 4 is 22.7 Å². The van der Waals surface area contributed by atoms with Crippen molar-refractivity contribution in [3.8, 4) is 11.8 Å². The number of carbonyl (C=O) groups excluding carboxylic acids is 2. The molecule has 11 heteroatoms. The van der Waals surface area contributed by atoms with Gasteiger partial charge in [-0.3, -0.25) is 14.6 Å². The van der Waals surface area contributed by atoms with Crippen LogP contribution in [0.15, 0.2) is 30.5 Å². The van der Waals surface area contributed by atoms with E-state index in [9.17, 15) is 27.9 Å². The first-order valence-corrected chi connectivity index (χ1v) is 9.35. The predicted octanol–water partition coefficient (Wildman–Crippen LogP) is 1.43. The average molecular weight is 436 g/mol. The van der Waals surface area contributed by atoms with Crippen LogP contribution in [0.4, 0.5) is 13.2 Å². The summed E-state index contributed by atoms with van der Waals surface area (Å²) in [6, 6.07) is 6.42. The largest absolute Gasteiger partial charge is 0.491 e. The summed E-state index contributed by atoms with van der Waals surface area (Å²) >= 11 is 0. The van der Waals surface area contributed by atoms with Gasteiger partial charge in [0.05, 0.1) is 30.2 Å². The van der Waals surface area contributed by atoms with Crippen LogP contribution in [0.25, 0.3) is 10.9 Å². The summed E-state index contributed by atoms with van der Waals surface area (Å²) in [7, 11) is 0. The van der Waals surface area contributed by atoms with Gasteiger partial charge in [0, 0.05) is 18.0 Å². The number of halogens is 3. The molecule has 0 saturated carbocycles. The number of aliphatic hydroxyl groups excluding tert-OH is 1. The lowest BCUT2D eigenvalue weighted by molar-refractivity contribution is -0.131. The third kappa shape index (κ3) is 5.21. The molecular weight excluding hydrogens is 417 g/mol. The van der Waals surface area contributed by atoms with Gasteiger partial charge in [0.2, 0.25) is 5.91 Å². The summed E-state index contributed by atoms with van der Waals surface area (Å²) < 4.78 is 44.7. The molecule has 1 fully saturated rings. The van der Waals surface area contributed by atoms with Crippen LogP contribution in [0, 0.1) is 11.3 Å². The van der Waals surface area contributed by atoms with Crippen molar-refractivity contribution in [1.82, 2.24) is 15.2 Å². The fourth-order valence-corrected chi connectivity index (χ4v) is 3.20. The number of likely N-dealkylation sites (tertiary alicyclic amines) is 1. The van der Waals surface area contributed by atoms with Crippen LogP contribution >= 0.6 is 0 Å². The molecule has 31 heavy (non-hydrogen) atoms. The van der Waals surface area contributed by atoms with E-state index >= 15 is 0 Å². The number of fused-ring (bicyclic) bond motifs is 1. The van der Waals surface area contributed by atoms with Crippen LogP contribution in [0.3, 0.4) is 0 Å². The van der Waals surface area contributed by atoms with Crippen LogP contribution in [0.2, 0.25) is 0 Å². The Morgan fingerprint density at radius 1 is 1.42 bits per heavy atom. The topological polar surface area (TPSA) is 116 Å². The van der Waals surface area contributed by atoms with Gasteiger partial charge in [-0.15, -0.1) is 0 Å². The molecule has 1 aliphatic heterocycles. The normalized spacial score (nSPS) is 18.4. The molecule has 164 valence electrons. The van der Waals surface area contributed by atoms with Gasteiger partial charge in [-0.05, 0) is 24.3 Å². The number of alkyl halides is 3. The highest BCUT2D eigenvalue weighted by atomic mass is 19.3. The van der Waals surface area contributed by atoms with E-state index in [1.165, 1.54) is 18.3 Å². The number of hydrogen-bond acceptors (Lipinski definition) is 6. The maximum absolute atomic E-state index is 13.5. The molecule has 2 atom stereocenters. The second kappa shape index (κ2) is 9.18. The van der Waals surface area contributed by atoms with Crippen LogP contribution in [-0.2, 0) is 4.79 Å². The number of aliphatic hydroxyl groups is 1. The smallest absolute Gasteiger partial charge is 0.268 e. The van der Waals surface area contributed by atoms with Gasteiger partial charge in [-0.2, -0.15) is 5.26 Å². The van der Waals surface area contributed by atoms with E-state index in [2.05, 4.69) is 10.3 Å². The lowest BCUT2D eigenvalue weighted by Gasteiger charge is -2.19. The summed E-state index contributed by atoms with van der Waals surface area (Å²) in [6.45, 7) is -2.68. The molecule has 0 aliphatic carbocycles. The Kier molecular flexibility index (Phi) is 6.60. The molecular formula is C20H19F3N4O4. The van der Waals surface area contributed by atoms with E-state index in [0.29, 0.717) is 10.9 Å². The summed E-state index contributed by atoms with van der Waals surface area (Å²) in [5, 5.41) is 21.0. The molecule has 2 aromatic rings. The third-order valence-electron chi connectivity index (χ3n) is 4.72. The highest BCUT2D eigenvalue weighted by Gasteiger charge is 2.47. The molecule has 1 aliphatic rings. The van der Waals surface area contributed by atoms with Gasteiger partial charge in [0.1, 0.15) is 31.2 Å². The SMILES string of the molecule is N#C[C@@H]1CC(F)(F)CN1C(=O)CNC(=O)c1ccnc2ccc(OCC(O)CF)cc12. The van der Waals surface area contributed by atoms with E-state index in [-0.39, 0.29) is 17.9 Å². The molecule has 2 heterocycles. The minimum Gasteiger partial charge on any atom is -0.491 e. The van der Waals surface area contributed by atoms with Crippen molar-refractivity contribution in [2.75, 3.05) is 26.4 Å². The quantitative estimate of drug-likeness (QED) is 0.679. The molecule has 2 N–H and O–H groups in total. The van der Waals surface area contributed by atoms with Crippen LogP contribution < -0.4 is 10.1 Å². The first kappa shape index (κ1) is 22.3. The zero-order chi connectivity index (χ0) is 22.6. The van der Waals surface area contributed by atoms with Crippen molar-refractivity contribution in [3.05, 3.63) is 36.0 Å².